The highest BCUT2D eigenvalue weighted by atomic mass is 32.1. The highest BCUT2D eigenvalue weighted by Crippen LogP contribution is 2.16. The molecule has 0 radical (unpaired) electrons. The molecule has 0 aromatic heterocycles. The number of rotatable bonds is 4. The minimum atomic E-state index is -0.729. The van der Waals surface area contributed by atoms with Gasteiger partial charge in [-0.25, -0.2) is 0 Å². The molecule has 1 aromatic carbocycles. The third-order valence-electron chi connectivity index (χ3n) is 2.48. The van der Waals surface area contributed by atoms with Crippen molar-refractivity contribution in [2.45, 2.75) is 20.3 Å². The van der Waals surface area contributed by atoms with Gasteiger partial charge in [-0.05, 0) is 24.2 Å². The molecule has 0 unspecified atom stereocenters. The minimum absolute atomic E-state index is 0.0856. The van der Waals surface area contributed by atoms with Crippen LogP contribution < -0.4 is 16.2 Å². The van der Waals surface area contributed by atoms with Crippen LogP contribution >= 0.6 is 12.2 Å². The number of benzene rings is 1. The van der Waals surface area contributed by atoms with Crippen molar-refractivity contribution in [3.8, 4) is 0 Å². The number of hydrogen-bond donors (Lipinski definition) is 3. The fourth-order valence-corrected chi connectivity index (χ4v) is 1.75. The maximum atomic E-state index is 11.9. The second kappa shape index (κ2) is 8.03. The molecule has 9 heteroatoms. The molecule has 118 valence electrons. The summed E-state index contributed by atoms with van der Waals surface area (Å²) in [6, 6.07) is 5.50. The van der Waals surface area contributed by atoms with Crippen LogP contribution in [0.1, 0.15) is 30.6 Å². The zero-order valence-electron chi connectivity index (χ0n) is 12.1. The molecule has 0 aliphatic carbocycles. The molecule has 0 atom stereocenters. The van der Waals surface area contributed by atoms with Gasteiger partial charge in [0.1, 0.15) is 5.56 Å². The molecule has 0 bridgehead atoms. The van der Waals surface area contributed by atoms with E-state index in [1.54, 1.807) is 0 Å². The summed E-state index contributed by atoms with van der Waals surface area (Å²) in [4.78, 5) is 33.5. The van der Waals surface area contributed by atoms with Gasteiger partial charge >= 0.3 is 0 Å². The van der Waals surface area contributed by atoms with Crippen LogP contribution in [0, 0.1) is 16.0 Å². The minimum Gasteiger partial charge on any atom is -0.302 e. The second-order valence-corrected chi connectivity index (χ2v) is 5.24. The van der Waals surface area contributed by atoms with Crippen molar-refractivity contribution < 1.29 is 14.5 Å². The molecule has 0 saturated heterocycles. The predicted octanol–water partition coefficient (Wildman–Crippen LogP) is 1.28. The van der Waals surface area contributed by atoms with E-state index in [1.165, 1.54) is 24.3 Å². The van der Waals surface area contributed by atoms with Crippen LogP contribution in [0.25, 0.3) is 0 Å². The Morgan fingerprint density at radius 1 is 1.27 bits per heavy atom. The average Bonchev–Trinajstić information content (AvgIpc) is 2.43. The Morgan fingerprint density at radius 3 is 2.50 bits per heavy atom. The van der Waals surface area contributed by atoms with E-state index in [1.807, 2.05) is 13.8 Å². The SMILES string of the molecule is CC(C)CC(=O)NC(=S)NNC(=O)c1ccccc1[N+](=O)[O-]. The maximum absolute atomic E-state index is 11.9. The lowest BCUT2D eigenvalue weighted by Crippen LogP contribution is -2.48. The van der Waals surface area contributed by atoms with Gasteiger partial charge in [-0.3, -0.25) is 30.6 Å². The van der Waals surface area contributed by atoms with Gasteiger partial charge in [0.05, 0.1) is 4.92 Å². The number of amides is 2. The number of carbonyl (C=O) groups excluding carboxylic acids is 2. The normalized spacial score (nSPS) is 9.95. The lowest BCUT2D eigenvalue weighted by molar-refractivity contribution is -0.385. The van der Waals surface area contributed by atoms with E-state index in [9.17, 15) is 19.7 Å². The Morgan fingerprint density at radius 2 is 1.91 bits per heavy atom. The van der Waals surface area contributed by atoms with Crippen LogP contribution in [0.5, 0.6) is 0 Å². The summed E-state index contributed by atoms with van der Waals surface area (Å²) in [5, 5.41) is 13.1. The van der Waals surface area contributed by atoms with Crippen molar-refractivity contribution in [3.63, 3.8) is 0 Å². The lowest BCUT2D eigenvalue weighted by atomic mass is 10.1. The van der Waals surface area contributed by atoms with E-state index in [-0.39, 0.29) is 28.2 Å². The summed E-state index contributed by atoms with van der Waals surface area (Å²) in [6.07, 6.45) is 0.292. The first kappa shape index (κ1) is 17.5. The number of nitrogens with zero attached hydrogens (tertiary/aromatic N) is 1. The number of carbonyl (C=O) groups is 2. The Labute approximate surface area is 132 Å². The molecule has 8 nitrogen and oxygen atoms in total. The van der Waals surface area contributed by atoms with Gasteiger partial charge in [-0.1, -0.05) is 26.0 Å². The molecule has 0 saturated carbocycles. The van der Waals surface area contributed by atoms with Crippen LogP contribution in [0.4, 0.5) is 5.69 Å². The third kappa shape index (κ3) is 5.44. The fraction of sp³-hybridized carbons (Fsp3) is 0.308. The molecule has 0 spiro atoms. The molecule has 3 N–H and O–H groups in total. The molecule has 0 fully saturated rings. The van der Waals surface area contributed by atoms with Gasteiger partial charge in [0.2, 0.25) is 5.91 Å². The number of para-hydroxylation sites is 1. The molecule has 2 amide bonds. The van der Waals surface area contributed by atoms with Crippen LogP contribution in [-0.2, 0) is 4.79 Å². The monoisotopic (exact) mass is 324 g/mol. The first-order chi connectivity index (χ1) is 10.3. The van der Waals surface area contributed by atoms with Gasteiger partial charge in [0, 0.05) is 12.5 Å². The largest absolute Gasteiger partial charge is 0.302 e. The van der Waals surface area contributed by atoms with E-state index >= 15 is 0 Å². The van der Waals surface area contributed by atoms with Crippen molar-refractivity contribution in [2.75, 3.05) is 0 Å². The zero-order valence-corrected chi connectivity index (χ0v) is 12.9. The summed E-state index contributed by atoms with van der Waals surface area (Å²) in [5.41, 5.74) is 4.09. The zero-order chi connectivity index (χ0) is 16.7. The van der Waals surface area contributed by atoms with Gasteiger partial charge in [0.15, 0.2) is 5.11 Å². The van der Waals surface area contributed by atoms with Crippen LogP contribution in [0.2, 0.25) is 0 Å². The van der Waals surface area contributed by atoms with Crippen molar-refractivity contribution in [1.82, 2.24) is 16.2 Å². The quantitative estimate of drug-likeness (QED) is 0.437. The summed E-state index contributed by atoms with van der Waals surface area (Å²) in [6.45, 7) is 3.76. The maximum Gasteiger partial charge on any atom is 0.282 e. The molecule has 0 aliphatic rings. The van der Waals surface area contributed by atoms with Crippen LogP contribution in [0.3, 0.4) is 0 Å². The van der Waals surface area contributed by atoms with Gasteiger partial charge in [0.25, 0.3) is 11.6 Å². The first-order valence-corrected chi connectivity index (χ1v) is 6.85. The van der Waals surface area contributed by atoms with Crippen LogP contribution in [-0.4, -0.2) is 21.9 Å². The van der Waals surface area contributed by atoms with E-state index < -0.39 is 10.8 Å². The Balaban J connectivity index is 2.58. The average molecular weight is 324 g/mol. The molecule has 1 aromatic rings. The van der Waals surface area contributed by atoms with E-state index in [0.29, 0.717) is 6.42 Å². The Hall–Kier alpha value is -2.55. The highest BCUT2D eigenvalue weighted by molar-refractivity contribution is 7.80. The number of hydrazine groups is 1. The summed E-state index contributed by atoms with van der Waals surface area (Å²) in [5.74, 6) is -0.843. The van der Waals surface area contributed by atoms with Gasteiger partial charge in [-0.15, -0.1) is 0 Å². The van der Waals surface area contributed by atoms with Crippen molar-refractivity contribution >= 4 is 34.8 Å². The molecular formula is C13H16N4O4S. The smallest absolute Gasteiger partial charge is 0.282 e. The molecule has 0 heterocycles. The summed E-state index contributed by atoms with van der Waals surface area (Å²) in [7, 11) is 0. The second-order valence-electron chi connectivity index (χ2n) is 4.83. The van der Waals surface area contributed by atoms with Gasteiger partial charge in [-0.2, -0.15) is 0 Å². The summed E-state index contributed by atoms with van der Waals surface area (Å²) >= 11 is 4.84. The predicted molar refractivity (Wildman–Crippen MR) is 83.9 cm³/mol. The topological polar surface area (TPSA) is 113 Å². The third-order valence-corrected chi connectivity index (χ3v) is 2.69. The highest BCUT2D eigenvalue weighted by Gasteiger charge is 2.19. The fourth-order valence-electron chi connectivity index (χ4n) is 1.59. The standard InChI is InChI=1S/C13H16N4O4S/c1-8(2)7-11(18)14-13(22)16-15-12(19)9-5-3-4-6-10(9)17(20)21/h3-6,8H,7H2,1-2H3,(H,15,19)(H2,14,16,18,22). The number of thiocarbonyl (C=S) groups is 1. The first-order valence-electron chi connectivity index (χ1n) is 6.44. The number of nitro groups is 1. The van der Waals surface area contributed by atoms with Crippen molar-refractivity contribution in [3.05, 3.63) is 39.9 Å². The molecule has 22 heavy (non-hydrogen) atoms. The van der Waals surface area contributed by atoms with E-state index in [2.05, 4.69) is 16.2 Å². The van der Waals surface area contributed by atoms with Crippen LogP contribution in [0.15, 0.2) is 24.3 Å². The number of hydrogen-bond acceptors (Lipinski definition) is 5. The number of nitro benzene ring substituents is 1. The van der Waals surface area contributed by atoms with Crippen molar-refractivity contribution in [1.29, 1.82) is 0 Å². The Kier molecular flexibility index (Phi) is 6.39. The van der Waals surface area contributed by atoms with E-state index in [0.717, 1.165) is 0 Å². The number of nitrogens with one attached hydrogen (secondary N) is 3. The molecule has 1 rings (SSSR count). The Bertz CT molecular complexity index is 603. The van der Waals surface area contributed by atoms with Gasteiger partial charge < -0.3 is 5.32 Å². The summed E-state index contributed by atoms with van der Waals surface area (Å²) < 4.78 is 0. The van der Waals surface area contributed by atoms with E-state index in [4.69, 9.17) is 12.2 Å². The molecule has 0 aliphatic heterocycles. The van der Waals surface area contributed by atoms with Crippen molar-refractivity contribution in [2.24, 2.45) is 5.92 Å². The lowest BCUT2D eigenvalue weighted by Gasteiger charge is -2.11. The molecular weight excluding hydrogens is 308 g/mol.